The van der Waals surface area contributed by atoms with E-state index in [9.17, 15) is 18.0 Å². The van der Waals surface area contributed by atoms with Crippen LogP contribution < -0.4 is 10.2 Å². The van der Waals surface area contributed by atoms with Crippen LogP contribution in [0.4, 0.5) is 18.9 Å². The van der Waals surface area contributed by atoms with Crippen LogP contribution >= 0.6 is 0 Å². The average molecular weight is 323 g/mol. The number of benzene rings is 2. The number of hydrogen-bond donors (Lipinski definition) is 2. The van der Waals surface area contributed by atoms with E-state index >= 15 is 0 Å². The first-order valence-corrected chi connectivity index (χ1v) is 7.20. The lowest BCUT2D eigenvalue weighted by Crippen LogP contribution is -3.10. The van der Waals surface area contributed by atoms with E-state index in [0.29, 0.717) is 0 Å². The molecule has 0 saturated heterocycles. The summed E-state index contributed by atoms with van der Waals surface area (Å²) in [7, 11) is 1.83. The highest BCUT2D eigenvalue weighted by Gasteiger charge is 2.20. The molecule has 2 aromatic rings. The van der Waals surface area contributed by atoms with Gasteiger partial charge in [-0.05, 0) is 19.1 Å². The first-order chi connectivity index (χ1) is 10.9. The van der Waals surface area contributed by atoms with Gasteiger partial charge in [0.15, 0.2) is 24.0 Å². The summed E-state index contributed by atoms with van der Waals surface area (Å²) in [6, 6.07) is 11.5. The van der Waals surface area contributed by atoms with Crippen LogP contribution in [0.5, 0.6) is 0 Å². The second-order valence-electron chi connectivity index (χ2n) is 5.43. The second kappa shape index (κ2) is 7.28. The summed E-state index contributed by atoms with van der Waals surface area (Å²) in [4.78, 5) is 12.9. The molecule has 0 aliphatic heterocycles. The number of nitrogens with one attached hydrogen (secondary N) is 2. The zero-order valence-corrected chi connectivity index (χ0v) is 12.9. The maximum Gasteiger partial charge on any atom is 0.279 e. The van der Waals surface area contributed by atoms with Crippen molar-refractivity contribution >= 4 is 11.6 Å². The van der Waals surface area contributed by atoms with Gasteiger partial charge in [-0.15, -0.1) is 0 Å². The molecule has 0 saturated carbocycles. The Morgan fingerprint density at radius 1 is 1.09 bits per heavy atom. The quantitative estimate of drug-likeness (QED) is 0.814. The van der Waals surface area contributed by atoms with Gasteiger partial charge >= 0.3 is 0 Å². The van der Waals surface area contributed by atoms with Gasteiger partial charge in [-0.3, -0.25) is 4.79 Å². The molecule has 6 heteroatoms. The Morgan fingerprint density at radius 2 is 1.74 bits per heavy atom. The van der Waals surface area contributed by atoms with Gasteiger partial charge in [-0.1, -0.05) is 30.3 Å². The molecule has 0 bridgehead atoms. The highest BCUT2D eigenvalue weighted by atomic mass is 19.2. The molecule has 2 N–H and O–H groups in total. The SMILES string of the molecule is C[C@H](c1ccccc1)[NH+](C)CC(=O)Nc1ccc(F)c(F)c1F. The Balaban J connectivity index is 2.01. The van der Waals surface area contributed by atoms with Crippen molar-refractivity contribution in [1.82, 2.24) is 0 Å². The second-order valence-corrected chi connectivity index (χ2v) is 5.43. The first-order valence-electron chi connectivity index (χ1n) is 7.20. The molecule has 2 aromatic carbocycles. The van der Waals surface area contributed by atoms with E-state index in [1.807, 2.05) is 44.3 Å². The van der Waals surface area contributed by atoms with Gasteiger partial charge in [0.2, 0.25) is 0 Å². The fourth-order valence-electron chi connectivity index (χ4n) is 2.25. The van der Waals surface area contributed by atoms with Crippen molar-refractivity contribution in [3.63, 3.8) is 0 Å². The molecule has 2 atom stereocenters. The standard InChI is InChI=1S/C17H17F3N2O/c1-11(12-6-4-3-5-7-12)22(2)10-15(23)21-14-9-8-13(18)16(19)17(14)20/h3-9,11H,10H2,1-2H3,(H,21,23)/p+1/t11-/m1/s1. The summed E-state index contributed by atoms with van der Waals surface area (Å²) in [5.74, 6) is -4.76. The van der Waals surface area contributed by atoms with E-state index < -0.39 is 23.4 Å². The Hall–Kier alpha value is -2.34. The molecule has 0 radical (unpaired) electrons. The minimum absolute atomic E-state index is 0.0525. The van der Waals surface area contributed by atoms with E-state index in [0.717, 1.165) is 22.6 Å². The zero-order chi connectivity index (χ0) is 17.0. The molecule has 0 aromatic heterocycles. The van der Waals surface area contributed by atoms with Crippen molar-refractivity contribution in [1.29, 1.82) is 0 Å². The molecule has 0 aliphatic rings. The molecule has 0 aliphatic carbocycles. The van der Waals surface area contributed by atoms with Crippen LogP contribution in [0.15, 0.2) is 42.5 Å². The number of quaternary nitrogens is 1. The Kier molecular flexibility index (Phi) is 5.39. The van der Waals surface area contributed by atoms with Crippen molar-refractivity contribution in [2.45, 2.75) is 13.0 Å². The highest BCUT2D eigenvalue weighted by Crippen LogP contribution is 2.19. The molecular weight excluding hydrogens is 305 g/mol. The predicted molar refractivity (Wildman–Crippen MR) is 81.6 cm³/mol. The van der Waals surface area contributed by atoms with Crippen LogP contribution in [0.3, 0.4) is 0 Å². The molecule has 122 valence electrons. The molecule has 1 amide bonds. The lowest BCUT2D eigenvalue weighted by atomic mass is 10.1. The number of hydrogen-bond acceptors (Lipinski definition) is 1. The summed E-state index contributed by atoms with van der Waals surface area (Å²) < 4.78 is 39.6. The van der Waals surface area contributed by atoms with Gasteiger partial charge < -0.3 is 10.2 Å². The van der Waals surface area contributed by atoms with Gasteiger partial charge in [0.1, 0.15) is 6.04 Å². The van der Waals surface area contributed by atoms with Gasteiger partial charge in [0, 0.05) is 5.56 Å². The summed E-state index contributed by atoms with van der Waals surface area (Å²) >= 11 is 0. The molecule has 23 heavy (non-hydrogen) atoms. The van der Waals surface area contributed by atoms with Crippen molar-refractivity contribution in [3.8, 4) is 0 Å². The fraction of sp³-hybridized carbons (Fsp3) is 0.235. The number of likely N-dealkylation sites (N-methyl/N-ethyl adjacent to an activating group) is 1. The van der Waals surface area contributed by atoms with Gasteiger partial charge in [0.05, 0.1) is 12.7 Å². The van der Waals surface area contributed by atoms with E-state index in [4.69, 9.17) is 0 Å². The normalized spacial score (nSPS) is 13.4. The number of amides is 1. The van der Waals surface area contributed by atoms with Gasteiger partial charge in [-0.25, -0.2) is 13.2 Å². The third-order valence-electron chi connectivity index (χ3n) is 3.79. The van der Waals surface area contributed by atoms with Crippen molar-refractivity contribution in [2.75, 3.05) is 18.9 Å². The maximum atomic E-state index is 13.5. The van der Waals surface area contributed by atoms with Crippen LogP contribution in [0.1, 0.15) is 18.5 Å². The minimum atomic E-state index is -1.60. The third-order valence-corrected chi connectivity index (χ3v) is 3.79. The predicted octanol–water partition coefficient (Wildman–Crippen LogP) is 2.32. The lowest BCUT2D eigenvalue weighted by molar-refractivity contribution is -0.902. The third kappa shape index (κ3) is 4.10. The Bertz CT molecular complexity index is 692. The van der Waals surface area contributed by atoms with Crippen molar-refractivity contribution < 1.29 is 22.9 Å². The summed E-state index contributed by atoms with van der Waals surface area (Å²) in [5, 5.41) is 2.27. The van der Waals surface area contributed by atoms with Gasteiger partial charge in [0.25, 0.3) is 5.91 Å². The van der Waals surface area contributed by atoms with Crippen LogP contribution in [0, 0.1) is 17.5 Å². The molecule has 1 unspecified atom stereocenters. The van der Waals surface area contributed by atoms with Crippen LogP contribution in [0.25, 0.3) is 0 Å². The largest absolute Gasteiger partial charge is 0.324 e. The summed E-state index contributed by atoms with van der Waals surface area (Å²) in [6.45, 7) is 2.03. The van der Waals surface area contributed by atoms with Crippen molar-refractivity contribution in [3.05, 3.63) is 65.5 Å². The monoisotopic (exact) mass is 323 g/mol. The van der Waals surface area contributed by atoms with Gasteiger partial charge in [-0.2, -0.15) is 0 Å². The first kappa shape index (κ1) is 17.0. The molecule has 0 heterocycles. The van der Waals surface area contributed by atoms with Crippen LogP contribution in [-0.2, 0) is 4.79 Å². The smallest absolute Gasteiger partial charge is 0.279 e. The van der Waals surface area contributed by atoms with E-state index in [-0.39, 0.29) is 18.3 Å². The minimum Gasteiger partial charge on any atom is -0.324 e. The molecule has 3 nitrogen and oxygen atoms in total. The fourth-order valence-corrected chi connectivity index (χ4v) is 2.25. The summed E-state index contributed by atoms with van der Waals surface area (Å²) in [6.07, 6.45) is 0. The topological polar surface area (TPSA) is 33.5 Å². The number of halogens is 3. The van der Waals surface area contributed by atoms with E-state index in [1.165, 1.54) is 0 Å². The average Bonchev–Trinajstić information content (AvgIpc) is 2.55. The Labute approximate surface area is 132 Å². The number of carbonyl (C=O) groups is 1. The Morgan fingerprint density at radius 3 is 2.39 bits per heavy atom. The molecule has 0 spiro atoms. The van der Waals surface area contributed by atoms with E-state index in [2.05, 4.69) is 5.32 Å². The molecule has 2 rings (SSSR count). The molecular formula is C17H18F3N2O+. The number of carbonyl (C=O) groups excluding carboxylic acids is 1. The van der Waals surface area contributed by atoms with E-state index in [1.54, 1.807) is 0 Å². The number of anilines is 1. The molecule has 0 fully saturated rings. The van der Waals surface area contributed by atoms with Crippen LogP contribution in [-0.4, -0.2) is 19.5 Å². The zero-order valence-electron chi connectivity index (χ0n) is 12.9. The number of rotatable bonds is 5. The maximum absolute atomic E-state index is 13.5. The lowest BCUT2D eigenvalue weighted by Gasteiger charge is -2.21. The van der Waals surface area contributed by atoms with Crippen LogP contribution in [0.2, 0.25) is 0 Å². The van der Waals surface area contributed by atoms with Crippen molar-refractivity contribution in [2.24, 2.45) is 0 Å². The summed E-state index contributed by atoms with van der Waals surface area (Å²) in [5.41, 5.74) is 0.700. The highest BCUT2D eigenvalue weighted by molar-refractivity contribution is 5.91.